The van der Waals surface area contributed by atoms with Crippen molar-refractivity contribution in [3.05, 3.63) is 137 Å². The van der Waals surface area contributed by atoms with Crippen LogP contribution in [0.1, 0.15) is 11.1 Å². The monoisotopic (exact) mass is 644 g/mol. The quantitative estimate of drug-likeness (QED) is 0.0910. The third-order valence-corrected chi connectivity index (χ3v) is 10.1. The van der Waals surface area contributed by atoms with Crippen LogP contribution in [-0.2, 0) is 0 Å². The first kappa shape index (κ1) is 32.4. The zero-order chi connectivity index (χ0) is 30.8. The van der Waals surface area contributed by atoms with Crippen molar-refractivity contribution in [2.24, 2.45) is 0 Å². The molecule has 0 aliphatic rings. The Morgan fingerprint density at radius 2 is 0.786 bits per heavy atom. The molecule has 0 fully saturated rings. The largest absolute Gasteiger partial charge is 0.290 e. The summed E-state index contributed by atoms with van der Waals surface area (Å²) in [5, 5.41) is 43.6. The van der Waals surface area contributed by atoms with E-state index in [0.717, 1.165) is 58.0 Å². The van der Waals surface area contributed by atoms with Gasteiger partial charge >= 0.3 is 0 Å². The first-order chi connectivity index (χ1) is 19.9. The smallest absolute Gasteiger partial charge is 0.258 e. The molecular weight excluding hydrogens is 625 g/mol. The molecule has 0 radical (unpaired) electrons. The molecule has 4 rings (SSSR count). The number of rotatable bonds is 10. The first-order valence-corrected chi connectivity index (χ1v) is 15.9. The number of hydrogen-bond acceptors (Lipinski definition) is 12. The van der Waals surface area contributed by atoms with Crippen LogP contribution in [0.5, 0.6) is 0 Å². The van der Waals surface area contributed by atoms with Crippen molar-refractivity contribution in [3.63, 3.8) is 0 Å². The highest BCUT2D eigenvalue weighted by atomic mass is 33.1. The van der Waals surface area contributed by atoms with E-state index in [9.17, 15) is 40.5 Å². The van der Waals surface area contributed by atoms with Crippen LogP contribution >= 0.6 is 43.2 Å². The summed E-state index contributed by atoms with van der Waals surface area (Å²) in [6, 6.07) is 23.3. The molecule has 0 spiro atoms. The van der Waals surface area contributed by atoms with Crippen LogP contribution in [0.2, 0.25) is 0 Å². The maximum Gasteiger partial charge on any atom is 0.290 e. The van der Waals surface area contributed by atoms with Gasteiger partial charge in [-0.2, -0.15) is 0 Å². The Morgan fingerprint density at radius 3 is 1.07 bits per heavy atom. The molecule has 0 aliphatic heterocycles. The lowest BCUT2D eigenvalue weighted by Gasteiger charge is -2.04. The zero-order valence-electron chi connectivity index (χ0n) is 21.8. The van der Waals surface area contributed by atoms with Gasteiger partial charge in [0.25, 0.3) is 22.7 Å². The Balaban J connectivity index is 0.000000258. The van der Waals surface area contributed by atoms with Gasteiger partial charge in [-0.15, -0.1) is 0 Å². The predicted octanol–water partition coefficient (Wildman–Crippen LogP) is 9.22. The first-order valence-electron chi connectivity index (χ1n) is 11.6. The minimum atomic E-state index is -0.805. The summed E-state index contributed by atoms with van der Waals surface area (Å²) in [5.41, 5.74) is 0.636. The second-order valence-corrected chi connectivity index (χ2v) is 12.8. The average Bonchev–Trinajstić information content (AvgIpc) is 2.96. The van der Waals surface area contributed by atoms with E-state index in [0.29, 0.717) is 0 Å². The fourth-order valence-corrected chi connectivity index (χ4v) is 7.22. The average molecular weight is 645 g/mol. The minimum absolute atomic E-state index is 0.0400. The van der Waals surface area contributed by atoms with Crippen LogP contribution in [0.25, 0.3) is 0 Å². The van der Waals surface area contributed by atoms with Crippen molar-refractivity contribution in [3.8, 4) is 0 Å². The van der Waals surface area contributed by atoms with Crippen LogP contribution in [-0.4, -0.2) is 19.7 Å². The van der Waals surface area contributed by atoms with Crippen molar-refractivity contribution in [2.75, 3.05) is 0 Å². The highest BCUT2D eigenvalue weighted by Gasteiger charge is 2.23. The number of hydrogen-bond donors (Lipinski definition) is 0. The molecule has 42 heavy (non-hydrogen) atoms. The Kier molecular flexibility index (Phi) is 11.7. The van der Waals surface area contributed by atoms with Gasteiger partial charge in [0.2, 0.25) is 0 Å². The number of nitro benzene ring substituents is 4. The van der Waals surface area contributed by atoms with Crippen LogP contribution in [0.4, 0.5) is 22.7 Å². The Labute approximate surface area is 254 Å². The Morgan fingerprint density at radius 1 is 0.452 bits per heavy atom. The minimum Gasteiger partial charge on any atom is -0.258 e. The molecule has 4 aromatic rings. The van der Waals surface area contributed by atoms with E-state index in [2.05, 4.69) is 62.4 Å². The number of benzene rings is 4. The second kappa shape index (κ2) is 15.2. The highest BCUT2D eigenvalue weighted by molar-refractivity contribution is 8.77. The lowest BCUT2D eigenvalue weighted by molar-refractivity contribution is -0.396. The van der Waals surface area contributed by atoms with E-state index in [-0.39, 0.29) is 9.79 Å². The fraction of sp³-hybridized carbons (Fsp3) is 0.0769. The molecular formula is C26H20N4O8S4. The van der Waals surface area contributed by atoms with Crippen LogP contribution < -0.4 is 0 Å². The molecule has 0 saturated heterocycles. The summed E-state index contributed by atoms with van der Waals surface area (Å²) >= 11 is 0. The van der Waals surface area contributed by atoms with Gasteiger partial charge in [-0.3, -0.25) is 40.5 Å². The molecule has 0 aliphatic carbocycles. The van der Waals surface area contributed by atoms with Crippen molar-refractivity contribution < 1.29 is 19.7 Å². The van der Waals surface area contributed by atoms with Gasteiger partial charge in [0.1, 0.15) is 0 Å². The molecule has 0 atom stereocenters. The lowest BCUT2D eigenvalue weighted by Crippen LogP contribution is -1.95. The van der Waals surface area contributed by atoms with Crippen LogP contribution in [0, 0.1) is 54.3 Å². The predicted molar refractivity (Wildman–Crippen MR) is 165 cm³/mol. The summed E-state index contributed by atoms with van der Waals surface area (Å²) < 4.78 is 0. The molecule has 0 aromatic heterocycles. The van der Waals surface area contributed by atoms with Gasteiger partial charge in [0, 0.05) is 21.9 Å². The zero-order valence-corrected chi connectivity index (χ0v) is 25.0. The van der Waals surface area contributed by atoms with Gasteiger partial charge in [0.15, 0.2) is 0 Å². The third-order valence-electron chi connectivity index (χ3n) is 5.20. The number of aryl methyl sites for hydroxylation is 2. The molecule has 16 heteroatoms. The van der Waals surface area contributed by atoms with Crippen LogP contribution in [0.15, 0.2) is 105 Å². The topological polar surface area (TPSA) is 173 Å². The normalized spacial score (nSPS) is 10.3. The third kappa shape index (κ3) is 9.47. The Bertz CT molecular complexity index is 1500. The molecule has 0 N–H and O–H groups in total. The number of nitro groups is 4. The SMILES string of the molecule is Cc1ccc(SSc2ccc(C)cc2)cc1.O=[N+]([O-])c1ccc(SSc2ccc([N+](=O)[O-])cc2[N+](=O)[O-])c([N+](=O)[O-])c1. The molecule has 12 nitrogen and oxygen atoms in total. The van der Waals surface area contributed by atoms with E-state index < -0.39 is 42.4 Å². The van der Waals surface area contributed by atoms with E-state index in [1.807, 2.05) is 0 Å². The number of non-ortho nitro benzene ring substituents is 2. The molecule has 0 heterocycles. The van der Waals surface area contributed by atoms with Crippen molar-refractivity contribution >= 4 is 65.9 Å². The van der Waals surface area contributed by atoms with Crippen LogP contribution in [0.3, 0.4) is 0 Å². The molecule has 0 saturated carbocycles. The number of nitrogens with zero attached hydrogens (tertiary/aromatic N) is 4. The molecule has 0 amide bonds. The van der Waals surface area contributed by atoms with E-state index in [1.54, 1.807) is 21.6 Å². The van der Waals surface area contributed by atoms with Gasteiger partial charge in [-0.05, 0) is 71.8 Å². The standard InChI is InChI=1S/C14H14S2.C12H6N4O8S2/c1-11-3-7-13(8-4-11)15-16-14-9-5-12(2)6-10-14;17-13(18)7-1-3-11(9(5-7)15(21)22)25-26-12-4-2-8(14(19)20)6-10(12)16(23)24/h3-10H,1-2H3;1-6H. The summed E-state index contributed by atoms with van der Waals surface area (Å²) in [7, 11) is 5.16. The summed E-state index contributed by atoms with van der Waals surface area (Å²) in [6.45, 7) is 4.23. The molecule has 0 bridgehead atoms. The van der Waals surface area contributed by atoms with Gasteiger partial charge in [-0.1, -0.05) is 57.0 Å². The molecule has 4 aromatic carbocycles. The Hall–Kier alpha value is -4.12. The van der Waals surface area contributed by atoms with Gasteiger partial charge < -0.3 is 0 Å². The molecule has 0 unspecified atom stereocenters. The lowest BCUT2D eigenvalue weighted by atomic mass is 10.2. The summed E-state index contributed by atoms with van der Waals surface area (Å²) in [5.74, 6) is 0. The highest BCUT2D eigenvalue weighted by Crippen LogP contribution is 2.46. The van der Waals surface area contributed by atoms with E-state index in [1.165, 1.54) is 20.9 Å². The second-order valence-electron chi connectivity index (χ2n) is 8.29. The van der Waals surface area contributed by atoms with E-state index in [4.69, 9.17) is 0 Å². The van der Waals surface area contributed by atoms with Crippen molar-refractivity contribution in [1.82, 2.24) is 0 Å². The maximum absolute atomic E-state index is 11.1. The maximum atomic E-state index is 11.1. The summed E-state index contributed by atoms with van der Waals surface area (Å²) in [6.07, 6.45) is 0. The van der Waals surface area contributed by atoms with Crippen molar-refractivity contribution in [2.45, 2.75) is 33.4 Å². The molecule has 216 valence electrons. The van der Waals surface area contributed by atoms with Crippen molar-refractivity contribution in [1.29, 1.82) is 0 Å². The van der Waals surface area contributed by atoms with E-state index >= 15 is 0 Å². The van der Waals surface area contributed by atoms with Gasteiger partial charge in [0.05, 0.1) is 41.6 Å². The summed E-state index contributed by atoms with van der Waals surface area (Å²) in [4.78, 5) is 43.1. The fourth-order valence-electron chi connectivity index (χ4n) is 3.04. The van der Waals surface area contributed by atoms with Gasteiger partial charge in [-0.25, -0.2) is 0 Å².